The predicted molar refractivity (Wildman–Crippen MR) is 114 cm³/mol. The number of aromatic nitrogens is 3. The standard InChI is InChI=1S/C22H19ClFN5O2/c23-17-3-7-20(8-4-17)29-13-15(12-27-29)11-26-22(30)25-10-9-19-14-31-21(28-19)16-1-5-18(24)6-2-16/h1-8,12-14H,9-11H2,(H2,25,26,30). The van der Waals surface area contributed by atoms with Crippen LogP contribution in [-0.2, 0) is 13.0 Å². The van der Waals surface area contributed by atoms with E-state index in [1.807, 2.05) is 18.3 Å². The summed E-state index contributed by atoms with van der Waals surface area (Å²) in [5, 5.41) is 10.5. The van der Waals surface area contributed by atoms with E-state index < -0.39 is 0 Å². The molecule has 158 valence electrons. The lowest BCUT2D eigenvalue weighted by Crippen LogP contribution is -2.36. The van der Waals surface area contributed by atoms with Crippen molar-refractivity contribution in [2.75, 3.05) is 6.54 Å². The minimum Gasteiger partial charge on any atom is -0.444 e. The number of benzene rings is 2. The van der Waals surface area contributed by atoms with E-state index in [0.29, 0.717) is 41.7 Å². The van der Waals surface area contributed by atoms with Crippen LogP contribution in [0, 0.1) is 5.82 Å². The van der Waals surface area contributed by atoms with Crippen LogP contribution in [0.3, 0.4) is 0 Å². The minimum atomic E-state index is -0.317. The van der Waals surface area contributed by atoms with Crippen LogP contribution in [0.15, 0.2) is 71.6 Å². The van der Waals surface area contributed by atoms with Crippen molar-refractivity contribution >= 4 is 17.6 Å². The van der Waals surface area contributed by atoms with Gasteiger partial charge < -0.3 is 15.1 Å². The summed E-state index contributed by atoms with van der Waals surface area (Å²) in [5.74, 6) is 0.0974. The smallest absolute Gasteiger partial charge is 0.315 e. The SMILES string of the molecule is O=C(NCCc1coc(-c2ccc(F)cc2)n1)NCc1cnn(-c2ccc(Cl)cc2)c1. The number of oxazole rings is 1. The number of rotatable bonds is 7. The topological polar surface area (TPSA) is 85.0 Å². The number of nitrogens with zero attached hydrogens (tertiary/aromatic N) is 3. The van der Waals surface area contributed by atoms with Crippen LogP contribution in [0.4, 0.5) is 9.18 Å². The fourth-order valence-corrected chi connectivity index (χ4v) is 3.01. The Morgan fingerprint density at radius 3 is 2.65 bits per heavy atom. The number of hydrogen-bond donors (Lipinski definition) is 2. The Morgan fingerprint density at radius 2 is 1.87 bits per heavy atom. The van der Waals surface area contributed by atoms with Crippen LogP contribution in [0.2, 0.25) is 5.02 Å². The summed E-state index contributed by atoms with van der Waals surface area (Å²) in [5.41, 5.74) is 3.14. The Balaban J connectivity index is 1.21. The number of halogens is 2. The zero-order valence-electron chi connectivity index (χ0n) is 16.4. The summed E-state index contributed by atoms with van der Waals surface area (Å²) < 4.78 is 20.1. The molecule has 0 spiro atoms. The van der Waals surface area contributed by atoms with E-state index in [0.717, 1.165) is 11.3 Å². The molecule has 0 aliphatic rings. The van der Waals surface area contributed by atoms with Crippen LogP contribution in [-0.4, -0.2) is 27.3 Å². The quantitative estimate of drug-likeness (QED) is 0.448. The van der Waals surface area contributed by atoms with Gasteiger partial charge in [-0.15, -0.1) is 0 Å². The van der Waals surface area contributed by atoms with Gasteiger partial charge in [0.25, 0.3) is 0 Å². The van der Waals surface area contributed by atoms with Crippen molar-refractivity contribution in [3.63, 3.8) is 0 Å². The second-order valence-electron chi connectivity index (χ2n) is 6.78. The van der Waals surface area contributed by atoms with Crippen molar-refractivity contribution in [2.24, 2.45) is 0 Å². The number of carbonyl (C=O) groups is 1. The fraction of sp³-hybridized carbons (Fsp3) is 0.136. The van der Waals surface area contributed by atoms with Gasteiger partial charge in [-0.25, -0.2) is 18.9 Å². The lowest BCUT2D eigenvalue weighted by Gasteiger charge is -2.05. The zero-order valence-corrected chi connectivity index (χ0v) is 17.1. The first-order valence-corrected chi connectivity index (χ1v) is 9.96. The van der Waals surface area contributed by atoms with Gasteiger partial charge in [0.2, 0.25) is 5.89 Å². The molecule has 4 rings (SSSR count). The van der Waals surface area contributed by atoms with Crippen LogP contribution in [0.5, 0.6) is 0 Å². The monoisotopic (exact) mass is 439 g/mol. The fourth-order valence-electron chi connectivity index (χ4n) is 2.88. The number of urea groups is 1. The number of hydrogen-bond acceptors (Lipinski definition) is 4. The molecule has 0 atom stereocenters. The van der Waals surface area contributed by atoms with Gasteiger partial charge in [-0.1, -0.05) is 11.6 Å². The van der Waals surface area contributed by atoms with Crippen LogP contribution >= 0.6 is 11.6 Å². The first-order valence-electron chi connectivity index (χ1n) is 9.58. The van der Waals surface area contributed by atoms with Crippen LogP contribution in [0.25, 0.3) is 17.1 Å². The summed E-state index contributed by atoms with van der Waals surface area (Å²) >= 11 is 5.90. The molecule has 4 aromatic rings. The summed E-state index contributed by atoms with van der Waals surface area (Å²) in [7, 11) is 0. The van der Waals surface area contributed by atoms with Crippen molar-refractivity contribution in [1.82, 2.24) is 25.4 Å². The van der Waals surface area contributed by atoms with E-state index >= 15 is 0 Å². The molecule has 2 aromatic carbocycles. The van der Waals surface area contributed by atoms with Gasteiger partial charge in [-0.05, 0) is 48.5 Å². The highest BCUT2D eigenvalue weighted by Crippen LogP contribution is 2.19. The second kappa shape index (κ2) is 9.44. The lowest BCUT2D eigenvalue weighted by atomic mass is 10.2. The average Bonchev–Trinajstić information content (AvgIpc) is 3.43. The third-order valence-electron chi connectivity index (χ3n) is 4.49. The van der Waals surface area contributed by atoms with E-state index in [1.165, 1.54) is 18.4 Å². The Kier molecular flexibility index (Phi) is 6.28. The Morgan fingerprint density at radius 1 is 1.10 bits per heavy atom. The molecule has 2 heterocycles. The molecule has 0 saturated carbocycles. The molecule has 31 heavy (non-hydrogen) atoms. The molecule has 0 radical (unpaired) electrons. The maximum absolute atomic E-state index is 13.0. The number of carbonyl (C=O) groups excluding carboxylic acids is 1. The molecule has 2 amide bonds. The van der Waals surface area contributed by atoms with Crippen LogP contribution < -0.4 is 10.6 Å². The zero-order chi connectivity index (χ0) is 21.6. The van der Waals surface area contributed by atoms with E-state index in [4.69, 9.17) is 16.0 Å². The van der Waals surface area contributed by atoms with Gasteiger partial charge in [0, 0.05) is 41.9 Å². The molecule has 0 bridgehead atoms. The van der Waals surface area contributed by atoms with Crippen molar-refractivity contribution in [3.05, 3.63) is 89.3 Å². The van der Waals surface area contributed by atoms with Gasteiger partial charge >= 0.3 is 6.03 Å². The van der Waals surface area contributed by atoms with Crippen LogP contribution in [0.1, 0.15) is 11.3 Å². The van der Waals surface area contributed by atoms with Gasteiger partial charge in [0.1, 0.15) is 12.1 Å². The first-order chi connectivity index (χ1) is 15.1. The molecule has 2 N–H and O–H groups in total. The van der Waals surface area contributed by atoms with Gasteiger partial charge in [-0.2, -0.15) is 5.10 Å². The number of nitrogens with one attached hydrogen (secondary N) is 2. The van der Waals surface area contributed by atoms with Crippen molar-refractivity contribution in [2.45, 2.75) is 13.0 Å². The van der Waals surface area contributed by atoms with E-state index in [-0.39, 0.29) is 11.8 Å². The van der Waals surface area contributed by atoms with Gasteiger partial charge in [0.15, 0.2) is 0 Å². The summed E-state index contributed by atoms with van der Waals surface area (Å²) in [6, 6.07) is 12.9. The largest absolute Gasteiger partial charge is 0.444 e. The van der Waals surface area contributed by atoms with E-state index in [9.17, 15) is 9.18 Å². The average molecular weight is 440 g/mol. The highest BCUT2D eigenvalue weighted by Gasteiger charge is 2.08. The maximum atomic E-state index is 13.0. The van der Waals surface area contributed by atoms with Gasteiger partial charge in [-0.3, -0.25) is 0 Å². The summed E-state index contributed by atoms with van der Waals surface area (Å²) in [4.78, 5) is 16.4. The molecule has 2 aromatic heterocycles. The minimum absolute atomic E-state index is 0.290. The van der Waals surface area contributed by atoms with Gasteiger partial charge in [0.05, 0.1) is 17.6 Å². The summed E-state index contributed by atoms with van der Waals surface area (Å²) in [6.07, 6.45) is 5.58. The molecular weight excluding hydrogens is 421 g/mol. The van der Waals surface area contributed by atoms with Crippen molar-refractivity contribution in [3.8, 4) is 17.1 Å². The first kappa shape index (κ1) is 20.6. The highest BCUT2D eigenvalue weighted by atomic mass is 35.5. The maximum Gasteiger partial charge on any atom is 0.315 e. The van der Waals surface area contributed by atoms with E-state index in [1.54, 1.807) is 35.1 Å². The molecule has 0 unspecified atom stereocenters. The predicted octanol–water partition coefficient (Wildman–Crippen LogP) is 4.36. The Hall–Kier alpha value is -3.65. The number of amides is 2. The Labute approximate surface area is 182 Å². The summed E-state index contributed by atoms with van der Waals surface area (Å²) in [6.45, 7) is 0.739. The molecular formula is C22H19ClFN5O2. The van der Waals surface area contributed by atoms with E-state index in [2.05, 4.69) is 20.7 Å². The lowest BCUT2D eigenvalue weighted by molar-refractivity contribution is 0.240. The molecule has 0 fully saturated rings. The third kappa shape index (κ3) is 5.49. The van der Waals surface area contributed by atoms with Crippen molar-refractivity contribution in [1.29, 1.82) is 0 Å². The highest BCUT2D eigenvalue weighted by molar-refractivity contribution is 6.30. The molecule has 7 nitrogen and oxygen atoms in total. The second-order valence-corrected chi connectivity index (χ2v) is 7.22. The third-order valence-corrected chi connectivity index (χ3v) is 4.74. The molecule has 0 saturated heterocycles. The molecule has 0 aliphatic heterocycles. The molecule has 9 heteroatoms. The van der Waals surface area contributed by atoms with Crippen molar-refractivity contribution < 1.29 is 13.6 Å². The normalized spacial score (nSPS) is 10.8. The molecule has 0 aliphatic carbocycles. The Bertz CT molecular complexity index is 1160.